The van der Waals surface area contributed by atoms with Crippen molar-refractivity contribution in [2.24, 2.45) is 5.92 Å². The molecule has 2 fully saturated rings. The number of piperidine rings is 1. The quantitative estimate of drug-likeness (QED) is 0.662. The first-order valence-corrected chi connectivity index (χ1v) is 10.5. The van der Waals surface area contributed by atoms with Gasteiger partial charge in [0, 0.05) is 57.9 Å². The minimum Gasteiger partial charge on any atom is -0.369 e. The molecule has 0 bridgehead atoms. The van der Waals surface area contributed by atoms with E-state index in [1.165, 1.54) is 0 Å². The molecular weight excluding hydrogens is 378 g/mol. The third-order valence-corrected chi connectivity index (χ3v) is 6.01. The summed E-state index contributed by atoms with van der Waals surface area (Å²) >= 11 is 0. The average Bonchev–Trinajstić information content (AvgIpc) is 2.84. The number of nitrogens with zero attached hydrogens (tertiary/aromatic N) is 7. The molecule has 5 heterocycles. The molecule has 0 saturated carbocycles. The third-order valence-electron chi connectivity index (χ3n) is 6.01. The topological polar surface area (TPSA) is 78.4 Å². The van der Waals surface area contributed by atoms with Crippen molar-refractivity contribution in [3.63, 3.8) is 0 Å². The van der Waals surface area contributed by atoms with E-state index in [0.29, 0.717) is 5.65 Å². The molecule has 1 atom stereocenters. The number of pyridine rings is 2. The minimum absolute atomic E-state index is 0.0257. The molecule has 2 saturated heterocycles. The first kappa shape index (κ1) is 18.7. The molecule has 8 nitrogen and oxygen atoms in total. The van der Waals surface area contributed by atoms with Crippen molar-refractivity contribution in [2.75, 3.05) is 49.1 Å². The third kappa shape index (κ3) is 3.77. The van der Waals surface area contributed by atoms with Crippen molar-refractivity contribution in [2.45, 2.75) is 12.8 Å². The molecule has 3 aromatic heterocycles. The first-order valence-electron chi connectivity index (χ1n) is 10.5. The van der Waals surface area contributed by atoms with Gasteiger partial charge in [-0.15, -0.1) is 0 Å². The predicted octanol–water partition coefficient (Wildman–Crippen LogP) is 1.98. The smallest absolute Gasteiger partial charge is 0.227 e. The van der Waals surface area contributed by atoms with Gasteiger partial charge in [0.05, 0.1) is 17.8 Å². The van der Waals surface area contributed by atoms with Crippen LogP contribution in [0.25, 0.3) is 11.2 Å². The summed E-state index contributed by atoms with van der Waals surface area (Å²) in [5, 5.41) is 0. The van der Waals surface area contributed by atoms with E-state index in [0.717, 1.165) is 69.1 Å². The standard InChI is InChI=1S/C22H25N7O/c30-22(28-12-10-27(11-13-28)20-5-1-2-6-24-20)17-4-3-9-29(16-17)18-14-19-21(26-15-18)25-8-7-23-19/h1-2,5-8,14-15,17H,3-4,9-13,16H2/t17-/m0/s1. The highest BCUT2D eigenvalue weighted by atomic mass is 16.2. The second-order valence-corrected chi connectivity index (χ2v) is 7.88. The Morgan fingerprint density at radius 2 is 1.77 bits per heavy atom. The van der Waals surface area contributed by atoms with Crippen molar-refractivity contribution in [3.05, 3.63) is 49.1 Å². The second kappa shape index (κ2) is 8.22. The van der Waals surface area contributed by atoms with Gasteiger partial charge in [-0.25, -0.2) is 15.0 Å². The van der Waals surface area contributed by atoms with Crippen LogP contribution in [0.2, 0.25) is 0 Å². The number of fused-ring (bicyclic) bond motifs is 1. The first-order chi connectivity index (χ1) is 14.8. The minimum atomic E-state index is 0.0257. The molecule has 154 valence electrons. The lowest BCUT2D eigenvalue weighted by Gasteiger charge is -2.39. The van der Waals surface area contributed by atoms with Crippen molar-refractivity contribution in [1.29, 1.82) is 0 Å². The van der Waals surface area contributed by atoms with Gasteiger partial charge in [-0.2, -0.15) is 0 Å². The molecule has 2 aliphatic rings. The number of amides is 1. The summed E-state index contributed by atoms with van der Waals surface area (Å²) in [7, 11) is 0. The fraction of sp³-hybridized carbons (Fsp3) is 0.409. The van der Waals surface area contributed by atoms with E-state index < -0.39 is 0 Å². The monoisotopic (exact) mass is 403 g/mol. The summed E-state index contributed by atoms with van der Waals surface area (Å²) in [6.45, 7) is 4.81. The normalized spacial score (nSPS) is 19.9. The Labute approximate surface area is 175 Å². The van der Waals surface area contributed by atoms with Gasteiger partial charge in [0.1, 0.15) is 11.3 Å². The van der Waals surface area contributed by atoms with Crippen molar-refractivity contribution >= 4 is 28.6 Å². The fourth-order valence-corrected chi connectivity index (χ4v) is 4.39. The molecule has 5 rings (SSSR count). The van der Waals surface area contributed by atoms with Crippen LogP contribution < -0.4 is 9.80 Å². The Kier molecular flexibility index (Phi) is 5.13. The van der Waals surface area contributed by atoms with E-state index in [1.54, 1.807) is 12.4 Å². The Balaban J connectivity index is 1.23. The van der Waals surface area contributed by atoms with Gasteiger partial charge >= 0.3 is 0 Å². The van der Waals surface area contributed by atoms with Crippen LogP contribution >= 0.6 is 0 Å². The Hall–Kier alpha value is -3.29. The molecule has 0 spiro atoms. The molecule has 0 aliphatic carbocycles. The number of hydrogen-bond acceptors (Lipinski definition) is 7. The van der Waals surface area contributed by atoms with E-state index >= 15 is 0 Å². The van der Waals surface area contributed by atoms with E-state index in [4.69, 9.17) is 0 Å². The van der Waals surface area contributed by atoms with E-state index in [1.807, 2.05) is 41.6 Å². The van der Waals surface area contributed by atoms with E-state index in [9.17, 15) is 4.79 Å². The molecule has 0 unspecified atom stereocenters. The number of anilines is 2. The van der Waals surface area contributed by atoms with Gasteiger partial charge in [-0.3, -0.25) is 9.78 Å². The van der Waals surface area contributed by atoms with Crippen LogP contribution in [0.5, 0.6) is 0 Å². The molecule has 0 aromatic carbocycles. The summed E-state index contributed by atoms with van der Waals surface area (Å²) in [6.07, 6.45) is 8.94. The summed E-state index contributed by atoms with van der Waals surface area (Å²) in [4.78, 5) is 37.2. The van der Waals surface area contributed by atoms with Crippen LogP contribution in [-0.2, 0) is 4.79 Å². The van der Waals surface area contributed by atoms with E-state index in [-0.39, 0.29) is 11.8 Å². The predicted molar refractivity (Wildman–Crippen MR) is 115 cm³/mol. The van der Waals surface area contributed by atoms with Gasteiger partial charge in [-0.1, -0.05) is 6.07 Å². The number of carbonyl (C=O) groups is 1. The zero-order valence-electron chi connectivity index (χ0n) is 16.9. The van der Waals surface area contributed by atoms with Crippen LogP contribution in [0.1, 0.15) is 12.8 Å². The second-order valence-electron chi connectivity index (χ2n) is 7.88. The molecule has 3 aromatic rings. The van der Waals surface area contributed by atoms with Crippen LogP contribution in [0.4, 0.5) is 11.5 Å². The van der Waals surface area contributed by atoms with Crippen molar-refractivity contribution < 1.29 is 4.79 Å². The SMILES string of the molecule is O=C([C@H]1CCCN(c2cnc3nccnc3c2)C1)N1CCN(c2ccccn2)CC1. The zero-order valence-corrected chi connectivity index (χ0v) is 16.9. The lowest BCUT2D eigenvalue weighted by Crippen LogP contribution is -2.52. The van der Waals surface area contributed by atoms with Gasteiger partial charge < -0.3 is 14.7 Å². The van der Waals surface area contributed by atoms with Crippen molar-refractivity contribution in [3.8, 4) is 0 Å². The van der Waals surface area contributed by atoms with E-state index in [2.05, 4.69) is 29.7 Å². The number of rotatable bonds is 3. The zero-order chi connectivity index (χ0) is 20.3. The van der Waals surface area contributed by atoms with Gasteiger partial charge in [0.2, 0.25) is 5.91 Å². The molecule has 1 amide bonds. The highest BCUT2D eigenvalue weighted by molar-refractivity contribution is 5.80. The largest absolute Gasteiger partial charge is 0.369 e. The van der Waals surface area contributed by atoms with Crippen LogP contribution in [-0.4, -0.2) is 70.0 Å². The summed E-state index contributed by atoms with van der Waals surface area (Å²) in [5.41, 5.74) is 2.45. The van der Waals surface area contributed by atoms with Gasteiger partial charge in [-0.05, 0) is 31.0 Å². The summed E-state index contributed by atoms with van der Waals surface area (Å²) < 4.78 is 0. The molecule has 2 aliphatic heterocycles. The summed E-state index contributed by atoms with van der Waals surface area (Å²) in [6, 6.07) is 7.98. The molecule has 0 N–H and O–H groups in total. The fourth-order valence-electron chi connectivity index (χ4n) is 4.39. The molecule has 0 radical (unpaired) electrons. The number of hydrogen-bond donors (Lipinski definition) is 0. The number of aromatic nitrogens is 4. The highest BCUT2D eigenvalue weighted by Crippen LogP contribution is 2.26. The maximum atomic E-state index is 13.2. The van der Waals surface area contributed by atoms with Crippen LogP contribution in [0, 0.1) is 5.92 Å². The maximum Gasteiger partial charge on any atom is 0.227 e. The molecule has 8 heteroatoms. The number of carbonyl (C=O) groups excluding carboxylic acids is 1. The maximum absolute atomic E-state index is 13.2. The Bertz CT molecular complexity index is 1020. The highest BCUT2D eigenvalue weighted by Gasteiger charge is 2.31. The van der Waals surface area contributed by atoms with Crippen LogP contribution in [0.15, 0.2) is 49.1 Å². The molecular formula is C22H25N7O. The van der Waals surface area contributed by atoms with Gasteiger partial charge in [0.15, 0.2) is 5.65 Å². The summed E-state index contributed by atoms with van der Waals surface area (Å²) in [5.74, 6) is 1.28. The number of piperazine rings is 1. The van der Waals surface area contributed by atoms with Crippen LogP contribution in [0.3, 0.4) is 0 Å². The average molecular weight is 403 g/mol. The Morgan fingerprint density at radius 3 is 2.60 bits per heavy atom. The Morgan fingerprint density at radius 1 is 0.900 bits per heavy atom. The lowest BCUT2D eigenvalue weighted by atomic mass is 9.95. The van der Waals surface area contributed by atoms with Crippen molar-refractivity contribution in [1.82, 2.24) is 24.8 Å². The lowest BCUT2D eigenvalue weighted by molar-refractivity contribution is -0.136. The van der Waals surface area contributed by atoms with Gasteiger partial charge in [0.25, 0.3) is 0 Å². The molecule has 30 heavy (non-hydrogen) atoms.